The molecule has 15 heavy (non-hydrogen) atoms. The Bertz CT molecular complexity index is 481. The molecule has 2 aromatic rings. The standard InChI is InChI=1S/C9H8Br2N4/c1-15-5-7(4-13-15)14-9-8(11)2-6(10)3-12-9/h2-5H,1H3,(H,12,14). The topological polar surface area (TPSA) is 42.7 Å². The smallest absolute Gasteiger partial charge is 0.144 e. The van der Waals surface area contributed by atoms with E-state index in [1.165, 1.54) is 0 Å². The number of halogens is 2. The molecular formula is C9H8Br2N4. The van der Waals surface area contributed by atoms with Gasteiger partial charge in [-0.05, 0) is 37.9 Å². The third-order valence-corrected chi connectivity index (χ3v) is 2.81. The average Bonchev–Trinajstić information content (AvgIpc) is 2.56. The summed E-state index contributed by atoms with van der Waals surface area (Å²) in [6.07, 6.45) is 5.37. The molecule has 0 aliphatic rings. The van der Waals surface area contributed by atoms with Crippen molar-refractivity contribution in [3.8, 4) is 0 Å². The van der Waals surface area contributed by atoms with Gasteiger partial charge < -0.3 is 5.32 Å². The Labute approximate surface area is 104 Å². The summed E-state index contributed by atoms with van der Waals surface area (Å²) in [5.41, 5.74) is 0.910. The Hall–Kier alpha value is -0.880. The van der Waals surface area contributed by atoms with Gasteiger partial charge in [-0.15, -0.1) is 0 Å². The molecule has 0 saturated heterocycles. The lowest BCUT2D eigenvalue weighted by Gasteiger charge is -2.04. The van der Waals surface area contributed by atoms with Gasteiger partial charge in [-0.3, -0.25) is 4.68 Å². The molecule has 0 radical (unpaired) electrons. The number of nitrogens with zero attached hydrogens (tertiary/aromatic N) is 3. The molecule has 2 aromatic heterocycles. The summed E-state index contributed by atoms with van der Waals surface area (Å²) in [5, 5.41) is 7.22. The fourth-order valence-electron chi connectivity index (χ4n) is 1.13. The van der Waals surface area contributed by atoms with E-state index in [4.69, 9.17) is 0 Å². The molecule has 2 heterocycles. The normalized spacial score (nSPS) is 10.3. The highest BCUT2D eigenvalue weighted by Crippen LogP contribution is 2.25. The lowest BCUT2D eigenvalue weighted by molar-refractivity contribution is 0.768. The van der Waals surface area contributed by atoms with E-state index in [2.05, 4.69) is 47.3 Å². The van der Waals surface area contributed by atoms with E-state index in [0.29, 0.717) is 0 Å². The second kappa shape index (κ2) is 4.32. The van der Waals surface area contributed by atoms with E-state index in [1.807, 2.05) is 19.3 Å². The van der Waals surface area contributed by atoms with Crippen LogP contribution in [0.1, 0.15) is 0 Å². The second-order valence-corrected chi connectivity index (χ2v) is 4.78. The van der Waals surface area contributed by atoms with E-state index in [0.717, 1.165) is 20.5 Å². The lowest BCUT2D eigenvalue weighted by atomic mass is 10.4. The minimum Gasteiger partial charge on any atom is -0.337 e. The molecule has 0 saturated carbocycles. The molecule has 6 heteroatoms. The Kier molecular flexibility index (Phi) is 3.06. The van der Waals surface area contributed by atoms with Crippen LogP contribution in [0.4, 0.5) is 11.5 Å². The van der Waals surface area contributed by atoms with Crippen molar-refractivity contribution in [1.29, 1.82) is 0 Å². The first-order valence-corrected chi connectivity index (χ1v) is 5.80. The summed E-state index contributed by atoms with van der Waals surface area (Å²) in [5.74, 6) is 0.770. The second-order valence-electron chi connectivity index (χ2n) is 3.01. The molecule has 4 nitrogen and oxygen atoms in total. The number of hydrogen-bond acceptors (Lipinski definition) is 3. The van der Waals surface area contributed by atoms with Crippen molar-refractivity contribution in [2.45, 2.75) is 0 Å². The highest BCUT2D eigenvalue weighted by Gasteiger charge is 2.03. The van der Waals surface area contributed by atoms with Crippen molar-refractivity contribution >= 4 is 43.4 Å². The maximum atomic E-state index is 4.24. The summed E-state index contributed by atoms with van der Waals surface area (Å²) in [6, 6.07) is 1.94. The van der Waals surface area contributed by atoms with Crippen molar-refractivity contribution in [2.75, 3.05) is 5.32 Å². The van der Waals surface area contributed by atoms with Gasteiger partial charge in [-0.25, -0.2) is 4.98 Å². The molecule has 78 valence electrons. The molecule has 0 fully saturated rings. The van der Waals surface area contributed by atoms with Gasteiger partial charge in [0, 0.05) is 23.9 Å². The van der Waals surface area contributed by atoms with Crippen molar-refractivity contribution in [3.63, 3.8) is 0 Å². The van der Waals surface area contributed by atoms with E-state index < -0.39 is 0 Å². The number of rotatable bonds is 2. The third kappa shape index (κ3) is 2.57. The van der Waals surface area contributed by atoms with Gasteiger partial charge in [-0.2, -0.15) is 5.10 Å². The van der Waals surface area contributed by atoms with E-state index in [1.54, 1.807) is 17.1 Å². The van der Waals surface area contributed by atoms with Gasteiger partial charge in [0.15, 0.2) is 0 Å². The molecule has 0 unspecified atom stereocenters. The third-order valence-electron chi connectivity index (χ3n) is 1.78. The van der Waals surface area contributed by atoms with Crippen LogP contribution < -0.4 is 5.32 Å². The number of nitrogens with one attached hydrogen (secondary N) is 1. The fourth-order valence-corrected chi connectivity index (χ4v) is 2.22. The summed E-state index contributed by atoms with van der Waals surface area (Å²) in [4.78, 5) is 4.24. The van der Waals surface area contributed by atoms with E-state index in [-0.39, 0.29) is 0 Å². The van der Waals surface area contributed by atoms with Crippen LogP contribution in [0.25, 0.3) is 0 Å². The lowest BCUT2D eigenvalue weighted by Crippen LogP contribution is -1.93. The molecule has 0 atom stereocenters. The van der Waals surface area contributed by atoms with Crippen LogP contribution in [0.15, 0.2) is 33.6 Å². The highest BCUT2D eigenvalue weighted by molar-refractivity contribution is 9.11. The van der Waals surface area contributed by atoms with Crippen LogP contribution in [0.2, 0.25) is 0 Å². The number of anilines is 2. The first kappa shape index (κ1) is 10.6. The minimum atomic E-state index is 0.770. The van der Waals surface area contributed by atoms with Crippen molar-refractivity contribution in [1.82, 2.24) is 14.8 Å². The minimum absolute atomic E-state index is 0.770. The summed E-state index contributed by atoms with van der Waals surface area (Å²) in [7, 11) is 1.87. The van der Waals surface area contributed by atoms with Gasteiger partial charge in [0.2, 0.25) is 0 Å². The Morgan fingerprint density at radius 1 is 1.33 bits per heavy atom. The predicted octanol–water partition coefficient (Wildman–Crippen LogP) is 3.08. The summed E-state index contributed by atoms with van der Waals surface area (Å²) >= 11 is 6.78. The first-order valence-electron chi connectivity index (χ1n) is 4.22. The van der Waals surface area contributed by atoms with E-state index in [9.17, 15) is 0 Å². The Morgan fingerprint density at radius 3 is 2.73 bits per heavy atom. The van der Waals surface area contributed by atoms with Crippen LogP contribution >= 0.6 is 31.9 Å². The molecule has 0 aliphatic carbocycles. The van der Waals surface area contributed by atoms with Gasteiger partial charge in [0.1, 0.15) is 5.82 Å². The first-order chi connectivity index (χ1) is 7.15. The zero-order valence-corrected chi connectivity index (χ0v) is 11.1. The highest BCUT2D eigenvalue weighted by atomic mass is 79.9. The van der Waals surface area contributed by atoms with Crippen LogP contribution in [0.3, 0.4) is 0 Å². The van der Waals surface area contributed by atoms with Crippen LogP contribution in [0.5, 0.6) is 0 Å². The Balaban J connectivity index is 2.24. The zero-order valence-electron chi connectivity index (χ0n) is 7.91. The number of hydrogen-bond donors (Lipinski definition) is 1. The van der Waals surface area contributed by atoms with Crippen molar-refractivity contribution in [2.24, 2.45) is 7.05 Å². The predicted molar refractivity (Wildman–Crippen MR) is 66.1 cm³/mol. The SMILES string of the molecule is Cn1cc(Nc2ncc(Br)cc2Br)cn1. The van der Waals surface area contributed by atoms with Crippen molar-refractivity contribution in [3.05, 3.63) is 33.6 Å². The monoisotopic (exact) mass is 330 g/mol. The molecule has 1 N–H and O–H groups in total. The maximum absolute atomic E-state index is 4.24. The van der Waals surface area contributed by atoms with Gasteiger partial charge in [-0.1, -0.05) is 0 Å². The fraction of sp³-hybridized carbons (Fsp3) is 0.111. The quantitative estimate of drug-likeness (QED) is 0.919. The number of aromatic nitrogens is 3. The van der Waals surface area contributed by atoms with E-state index >= 15 is 0 Å². The maximum Gasteiger partial charge on any atom is 0.144 e. The molecular weight excluding hydrogens is 324 g/mol. The molecule has 0 aliphatic heterocycles. The largest absolute Gasteiger partial charge is 0.337 e. The molecule has 2 rings (SSSR count). The van der Waals surface area contributed by atoms with Crippen LogP contribution in [0, 0.1) is 0 Å². The van der Waals surface area contributed by atoms with Crippen LogP contribution in [-0.4, -0.2) is 14.8 Å². The average molecular weight is 332 g/mol. The summed E-state index contributed by atoms with van der Waals surface area (Å²) < 4.78 is 3.57. The number of pyridine rings is 1. The Morgan fingerprint density at radius 2 is 2.13 bits per heavy atom. The van der Waals surface area contributed by atoms with Gasteiger partial charge >= 0.3 is 0 Å². The zero-order chi connectivity index (χ0) is 10.8. The molecule has 0 spiro atoms. The molecule has 0 amide bonds. The van der Waals surface area contributed by atoms with Gasteiger partial charge in [0.05, 0.1) is 16.4 Å². The molecule has 0 aromatic carbocycles. The van der Waals surface area contributed by atoms with Crippen molar-refractivity contribution < 1.29 is 0 Å². The summed E-state index contributed by atoms with van der Waals surface area (Å²) in [6.45, 7) is 0. The number of aryl methyl sites for hydroxylation is 1. The van der Waals surface area contributed by atoms with Crippen LogP contribution in [-0.2, 0) is 7.05 Å². The van der Waals surface area contributed by atoms with Gasteiger partial charge in [0.25, 0.3) is 0 Å². The molecule has 0 bridgehead atoms.